The van der Waals surface area contributed by atoms with Crippen molar-refractivity contribution in [1.29, 1.82) is 0 Å². The first-order chi connectivity index (χ1) is 6.91. The Hall–Kier alpha value is -0.160. The van der Waals surface area contributed by atoms with E-state index in [0.717, 1.165) is 52.2 Å². The van der Waals surface area contributed by atoms with E-state index in [4.69, 9.17) is 0 Å². The zero-order chi connectivity index (χ0) is 10.5. The highest BCUT2D eigenvalue weighted by Gasteiger charge is 1.66. The van der Waals surface area contributed by atoms with Gasteiger partial charge >= 0.3 is 0 Å². The van der Waals surface area contributed by atoms with Crippen LogP contribution in [0.2, 0.25) is 0 Å². The molecule has 0 bridgehead atoms. The maximum Gasteiger partial charge on any atom is -0.0670 e. The highest BCUT2D eigenvalue weighted by atomic mass is 15.0. The first-order valence-corrected chi connectivity index (χ1v) is 5.37. The van der Waals surface area contributed by atoms with Crippen molar-refractivity contribution in [1.82, 2.24) is 0 Å². The fraction of sp³-hybridized carbons (Fsp3) is 1.00. The van der Waals surface area contributed by atoms with Gasteiger partial charge in [-0.05, 0) is 0 Å². The minimum Gasteiger partial charge on any atom is -0.666 e. The number of rotatable bonds is 11. The Kier molecular flexibility index (Phi) is 12.7. The molecule has 0 aliphatic rings. The summed E-state index contributed by atoms with van der Waals surface area (Å²) in [6, 6.07) is 0. The van der Waals surface area contributed by atoms with Gasteiger partial charge in [-0.3, -0.25) is 0 Å². The van der Waals surface area contributed by atoms with Crippen molar-refractivity contribution < 1.29 is 0 Å². The molecule has 0 aromatic rings. The molecule has 4 heteroatoms. The molecule has 4 nitrogen and oxygen atoms in total. The minimum atomic E-state index is 0.837. The zero-order valence-corrected chi connectivity index (χ0v) is 9.45. The van der Waals surface area contributed by atoms with Gasteiger partial charge in [-0.25, -0.2) is 0 Å². The molecule has 0 aromatic carbocycles. The number of nitrogens with zero attached hydrogens (tertiary/aromatic N) is 4. The van der Waals surface area contributed by atoms with Crippen LogP contribution in [0.25, 0.3) is 21.3 Å². The van der Waals surface area contributed by atoms with Gasteiger partial charge in [-0.15, -0.1) is 6.54 Å². The molecule has 0 N–H and O–H groups in total. The van der Waals surface area contributed by atoms with Gasteiger partial charge < -0.3 is 21.3 Å². The summed E-state index contributed by atoms with van der Waals surface area (Å²) in [7, 11) is 1.81. The Morgan fingerprint density at radius 2 is 1.07 bits per heavy atom. The normalized spacial score (nSPS) is 10.7. The van der Waals surface area contributed by atoms with Gasteiger partial charge in [-0.2, -0.15) is 46.3 Å². The van der Waals surface area contributed by atoms with Crippen molar-refractivity contribution in [3.05, 3.63) is 21.3 Å². The Balaban J connectivity index is 2.78. The third kappa shape index (κ3) is 11.8. The average Bonchev–Trinajstić information content (AvgIpc) is 2.21. The topological polar surface area (TPSA) is 56.4 Å². The van der Waals surface area contributed by atoms with Crippen LogP contribution in [-0.2, 0) is 0 Å². The summed E-state index contributed by atoms with van der Waals surface area (Å²) in [5.41, 5.74) is 0. The largest absolute Gasteiger partial charge is 0.666 e. The van der Waals surface area contributed by atoms with Gasteiger partial charge in [0.2, 0.25) is 0 Å². The van der Waals surface area contributed by atoms with Crippen LogP contribution in [0.1, 0.15) is 13.3 Å². The lowest BCUT2D eigenvalue weighted by molar-refractivity contribution is 0.932. The Morgan fingerprint density at radius 3 is 1.50 bits per heavy atom. The lowest BCUT2D eigenvalue weighted by Crippen LogP contribution is -2.01. The highest BCUT2D eigenvalue weighted by molar-refractivity contribution is 4.95. The van der Waals surface area contributed by atoms with Crippen LogP contribution >= 0.6 is 0 Å². The van der Waals surface area contributed by atoms with E-state index in [0.29, 0.717) is 0 Å². The molecule has 0 saturated heterocycles. The molecule has 0 radical (unpaired) electrons. The number of hydrogen-bond acceptors (Lipinski definition) is 0. The van der Waals surface area contributed by atoms with E-state index in [1.807, 2.05) is 7.05 Å². The van der Waals surface area contributed by atoms with Crippen molar-refractivity contribution in [3.8, 4) is 0 Å². The van der Waals surface area contributed by atoms with Gasteiger partial charge in [-0.1, -0.05) is 13.3 Å². The van der Waals surface area contributed by atoms with Gasteiger partial charge in [0, 0.05) is 0 Å². The molecule has 0 heterocycles. The number of hydrogen-bond donors (Lipinski definition) is 0. The molecule has 0 aliphatic heterocycles. The number of likely N-dealkylation sites (N-methyl/N-ethyl adjacent to an activating group) is 1. The van der Waals surface area contributed by atoms with Gasteiger partial charge in [0.15, 0.2) is 0 Å². The molecule has 0 rings (SSSR count). The molecule has 0 fully saturated rings. The predicted molar refractivity (Wildman–Crippen MR) is 63.7 cm³/mol. The molecular formula is C10H22N4-4. The lowest BCUT2D eigenvalue weighted by Gasteiger charge is -2.31. The maximum absolute atomic E-state index is 4.32. The van der Waals surface area contributed by atoms with E-state index < -0.39 is 0 Å². The lowest BCUT2D eigenvalue weighted by atomic mass is 10.4. The van der Waals surface area contributed by atoms with Crippen molar-refractivity contribution in [2.24, 2.45) is 0 Å². The smallest absolute Gasteiger partial charge is 0.0670 e. The third-order valence-corrected chi connectivity index (χ3v) is 1.70. The molecule has 0 aromatic heterocycles. The van der Waals surface area contributed by atoms with E-state index in [9.17, 15) is 0 Å². The van der Waals surface area contributed by atoms with Crippen molar-refractivity contribution >= 4 is 0 Å². The summed E-state index contributed by atoms with van der Waals surface area (Å²) in [4.78, 5) is 0. The summed E-state index contributed by atoms with van der Waals surface area (Å²) >= 11 is 0. The van der Waals surface area contributed by atoms with E-state index in [1.165, 1.54) is 0 Å². The van der Waals surface area contributed by atoms with Crippen LogP contribution in [0.3, 0.4) is 0 Å². The predicted octanol–water partition coefficient (Wildman–Crippen LogP) is 2.52. The van der Waals surface area contributed by atoms with E-state index in [-0.39, 0.29) is 0 Å². The average molecular weight is 198 g/mol. The summed E-state index contributed by atoms with van der Waals surface area (Å²) < 4.78 is 0. The molecule has 0 saturated carbocycles. The monoisotopic (exact) mass is 198 g/mol. The summed E-state index contributed by atoms with van der Waals surface area (Å²) in [6.07, 6.45) is 1.13. The fourth-order valence-corrected chi connectivity index (χ4v) is 0.947. The zero-order valence-electron chi connectivity index (χ0n) is 9.45. The molecule has 0 amide bonds. The fourth-order valence-electron chi connectivity index (χ4n) is 0.947. The summed E-state index contributed by atoms with van der Waals surface area (Å²) in [5.74, 6) is 0. The van der Waals surface area contributed by atoms with Crippen LogP contribution in [0.5, 0.6) is 0 Å². The van der Waals surface area contributed by atoms with Crippen molar-refractivity contribution in [2.45, 2.75) is 13.3 Å². The van der Waals surface area contributed by atoms with Crippen molar-refractivity contribution in [2.75, 3.05) is 52.9 Å². The minimum absolute atomic E-state index is 0.837. The molecule has 0 unspecified atom stereocenters. The molecular weight excluding hydrogens is 176 g/mol. The first kappa shape index (κ1) is 13.8. The SMILES string of the molecule is CCC[N-]CC[N-]CC[N-]CC[N-]C. The Bertz CT molecular complexity index is 86.1. The summed E-state index contributed by atoms with van der Waals surface area (Å²) in [5, 5.41) is 16.9. The third-order valence-electron chi connectivity index (χ3n) is 1.70. The standard InChI is InChI=1S/C10H22N4/c1-3-4-12-7-8-14-10-9-13-6-5-11-2/h3-10H2,1-2H3/q-4. The van der Waals surface area contributed by atoms with E-state index in [1.54, 1.807) is 0 Å². The van der Waals surface area contributed by atoms with Crippen LogP contribution in [-0.4, -0.2) is 52.9 Å². The maximum atomic E-state index is 4.32. The second-order valence-corrected chi connectivity index (χ2v) is 3.05. The van der Waals surface area contributed by atoms with Crippen LogP contribution < -0.4 is 0 Å². The second kappa shape index (κ2) is 12.8. The second-order valence-electron chi connectivity index (χ2n) is 3.05. The van der Waals surface area contributed by atoms with Gasteiger partial charge in [0.25, 0.3) is 0 Å². The van der Waals surface area contributed by atoms with Gasteiger partial charge in [0.1, 0.15) is 0 Å². The van der Waals surface area contributed by atoms with Crippen LogP contribution in [0, 0.1) is 0 Å². The molecule has 86 valence electrons. The van der Waals surface area contributed by atoms with E-state index in [2.05, 4.69) is 28.2 Å². The van der Waals surface area contributed by atoms with Gasteiger partial charge in [0.05, 0.1) is 0 Å². The quantitative estimate of drug-likeness (QED) is 0.458. The van der Waals surface area contributed by atoms with Crippen LogP contribution in [0.4, 0.5) is 0 Å². The molecule has 14 heavy (non-hydrogen) atoms. The molecule has 0 atom stereocenters. The van der Waals surface area contributed by atoms with E-state index >= 15 is 0 Å². The highest BCUT2D eigenvalue weighted by Crippen LogP contribution is 1.95. The first-order valence-electron chi connectivity index (χ1n) is 5.37. The molecule has 0 spiro atoms. The Morgan fingerprint density at radius 1 is 0.643 bits per heavy atom. The molecule has 0 aliphatic carbocycles. The van der Waals surface area contributed by atoms with Crippen LogP contribution in [0.15, 0.2) is 0 Å². The Labute approximate surface area is 88.2 Å². The summed E-state index contributed by atoms with van der Waals surface area (Å²) in [6.45, 7) is 8.19. The van der Waals surface area contributed by atoms with Crippen molar-refractivity contribution in [3.63, 3.8) is 0 Å².